The van der Waals surface area contributed by atoms with Crippen molar-refractivity contribution in [2.75, 3.05) is 18.5 Å². The maximum atomic E-state index is 12.9. The van der Waals surface area contributed by atoms with Gasteiger partial charge in [-0.1, -0.05) is 49.4 Å². The van der Waals surface area contributed by atoms with Crippen molar-refractivity contribution >= 4 is 17.5 Å². The van der Waals surface area contributed by atoms with Gasteiger partial charge in [-0.05, 0) is 36.1 Å². The molecule has 3 rings (SSSR count). The molecule has 4 nitrogen and oxygen atoms in total. The van der Waals surface area contributed by atoms with Gasteiger partial charge in [-0.3, -0.25) is 9.59 Å². The van der Waals surface area contributed by atoms with E-state index < -0.39 is 0 Å². The number of carbonyl (C=O) groups excluding carboxylic acids is 2. The van der Waals surface area contributed by atoms with Crippen molar-refractivity contribution in [3.05, 3.63) is 65.2 Å². The van der Waals surface area contributed by atoms with Crippen molar-refractivity contribution in [1.29, 1.82) is 0 Å². The minimum atomic E-state index is -0.276. The van der Waals surface area contributed by atoms with Crippen LogP contribution in [-0.2, 0) is 22.6 Å². The van der Waals surface area contributed by atoms with Crippen LogP contribution in [0.3, 0.4) is 0 Å². The molecule has 26 heavy (non-hydrogen) atoms. The van der Waals surface area contributed by atoms with Crippen molar-refractivity contribution in [3.8, 4) is 0 Å². The summed E-state index contributed by atoms with van der Waals surface area (Å²) in [6.45, 7) is 5.17. The summed E-state index contributed by atoms with van der Waals surface area (Å²) in [5.41, 5.74) is 4.40. The molecule has 1 heterocycles. The third kappa shape index (κ3) is 3.64. The van der Waals surface area contributed by atoms with Gasteiger partial charge in [-0.15, -0.1) is 0 Å². The Labute approximate surface area is 155 Å². The normalized spacial score (nSPS) is 16.8. The van der Waals surface area contributed by atoms with Crippen LogP contribution in [0.5, 0.6) is 0 Å². The molecule has 1 unspecified atom stereocenters. The maximum absolute atomic E-state index is 12.9. The molecular formula is C22H26N2O2. The Hall–Kier alpha value is -2.62. The number of benzene rings is 2. The molecule has 0 aromatic heterocycles. The Morgan fingerprint density at radius 1 is 1.12 bits per heavy atom. The lowest BCUT2D eigenvalue weighted by molar-refractivity contribution is -0.135. The first-order valence-electron chi connectivity index (χ1n) is 9.19. The maximum Gasteiger partial charge on any atom is 0.228 e. The van der Waals surface area contributed by atoms with Gasteiger partial charge in [0.1, 0.15) is 0 Å². The molecule has 0 spiro atoms. The van der Waals surface area contributed by atoms with E-state index in [1.807, 2.05) is 49.5 Å². The fourth-order valence-electron chi connectivity index (χ4n) is 3.61. The summed E-state index contributed by atoms with van der Waals surface area (Å²) >= 11 is 0. The summed E-state index contributed by atoms with van der Waals surface area (Å²) in [6, 6.07) is 16.0. The zero-order chi connectivity index (χ0) is 18.7. The topological polar surface area (TPSA) is 40.6 Å². The van der Waals surface area contributed by atoms with E-state index in [1.165, 1.54) is 5.56 Å². The number of aryl methyl sites for hydroxylation is 2. The second-order valence-corrected chi connectivity index (χ2v) is 7.01. The van der Waals surface area contributed by atoms with Gasteiger partial charge >= 0.3 is 0 Å². The highest BCUT2D eigenvalue weighted by molar-refractivity contribution is 6.00. The van der Waals surface area contributed by atoms with Crippen molar-refractivity contribution in [2.24, 2.45) is 5.92 Å². The molecule has 1 aliphatic rings. The lowest BCUT2D eigenvalue weighted by Crippen LogP contribution is -2.34. The van der Waals surface area contributed by atoms with Gasteiger partial charge in [0.25, 0.3) is 0 Å². The van der Waals surface area contributed by atoms with Crippen LogP contribution in [0.1, 0.15) is 30.0 Å². The van der Waals surface area contributed by atoms with Crippen molar-refractivity contribution in [2.45, 2.75) is 33.2 Å². The van der Waals surface area contributed by atoms with Gasteiger partial charge in [-0.25, -0.2) is 0 Å². The van der Waals surface area contributed by atoms with E-state index in [0.717, 1.165) is 23.2 Å². The first-order valence-corrected chi connectivity index (χ1v) is 9.19. The van der Waals surface area contributed by atoms with Crippen molar-refractivity contribution in [3.63, 3.8) is 0 Å². The number of hydrogen-bond acceptors (Lipinski definition) is 2. The van der Waals surface area contributed by atoms with Gasteiger partial charge in [0.15, 0.2) is 0 Å². The highest BCUT2D eigenvalue weighted by Gasteiger charge is 2.37. The minimum Gasteiger partial charge on any atom is -0.341 e. The van der Waals surface area contributed by atoms with Crippen LogP contribution in [-0.4, -0.2) is 30.3 Å². The Morgan fingerprint density at radius 2 is 1.77 bits per heavy atom. The number of para-hydroxylation sites is 1. The first-order chi connectivity index (χ1) is 12.5. The van der Waals surface area contributed by atoms with Gasteiger partial charge < -0.3 is 9.80 Å². The predicted molar refractivity (Wildman–Crippen MR) is 104 cm³/mol. The third-order valence-corrected chi connectivity index (χ3v) is 5.18. The molecule has 1 aliphatic heterocycles. The van der Waals surface area contributed by atoms with E-state index in [-0.39, 0.29) is 24.2 Å². The van der Waals surface area contributed by atoms with Crippen LogP contribution in [0, 0.1) is 12.8 Å². The Bertz CT molecular complexity index is 815. The number of anilines is 1. The van der Waals surface area contributed by atoms with Gasteiger partial charge in [0.05, 0.1) is 5.92 Å². The summed E-state index contributed by atoms with van der Waals surface area (Å²) in [4.78, 5) is 29.0. The number of rotatable bonds is 5. The summed E-state index contributed by atoms with van der Waals surface area (Å²) in [5, 5.41) is 0. The summed E-state index contributed by atoms with van der Waals surface area (Å²) < 4.78 is 0. The smallest absolute Gasteiger partial charge is 0.228 e. The summed E-state index contributed by atoms with van der Waals surface area (Å²) in [7, 11) is 1.82. The molecule has 136 valence electrons. The van der Waals surface area contributed by atoms with E-state index in [2.05, 4.69) is 19.9 Å². The lowest BCUT2D eigenvalue weighted by Gasteiger charge is -2.23. The fourth-order valence-corrected chi connectivity index (χ4v) is 3.61. The molecule has 1 saturated heterocycles. The number of carbonyl (C=O) groups is 2. The Morgan fingerprint density at radius 3 is 2.46 bits per heavy atom. The van der Waals surface area contributed by atoms with Crippen LogP contribution >= 0.6 is 0 Å². The van der Waals surface area contributed by atoms with Crippen LogP contribution in [0.15, 0.2) is 48.5 Å². The van der Waals surface area contributed by atoms with E-state index in [4.69, 9.17) is 0 Å². The SMILES string of the molecule is CCc1ccccc1N1CC(C(=O)N(C)Cc2ccccc2C)CC1=O. The van der Waals surface area contributed by atoms with Gasteiger partial charge in [-0.2, -0.15) is 0 Å². The first kappa shape index (κ1) is 18.2. The molecule has 0 radical (unpaired) electrons. The molecule has 1 fully saturated rings. The quantitative estimate of drug-likeness (QED) is 0.827. The van der Waals surface area contributed by atoms with Crippen LogP contribution in [0.25, 0.3) is 0 Å². The Balaban J connectivity index is 1.71. The van der Waals surface area contributed by atoms with E-state index in [9.17, 15) is 9.59 Å². The molecule has 4 heteroatoms. The lowest BCUT2D eigenvalue weighted by atomic mass is 10.1. The van der Waals surface area contributed by atoms with Crippen LogP contribution in [0.4, 0.5) is 5.69 Å². The monoisotopic (exact) mass is 350 g/mol. The van der Waals surface area contributed by atoms with Crippen LogP contribution in [0.2, 0.25) is 0 Å². The molecule has 0 aliphatic carbocycles. The number of nitrogens with zero attached hydrogens (tertiary/aromatic N) is 2. The van der Waals surface area contributed by atoms with E-state index in [0.29, 0.717) is 13.1 Å². The molecular weight excluding hydrogens is 324 g/mol. The average molecular weight is 350 g/mol. The molecule has 2 amide bonds. The summed E-state index contributed by atoms with van der Waals surface area (Å²) in [6.07, 6.45) is 1.15. The second-order valence-electron chi connectivity index (χ2n) is 7.01. The van der Waals surface area contributed by atoms with E-state index >= 15 is 0 Å². The molecule has 0 saturated carbocycles. The molecule has 0 bridgehead atoms. The zero-order valence-corrected chi connectivity index (χ0v) is 15.7. The fraction of sp³-hybridized carbons (Fsp3) is 0.364. The highest BCUT2D eigenvalue weighted by Crippen LogP contribution is 2.29. The van der Waals surface area contributed by atoms with Crippen molar-refractivity contribution in [1.82, 2.24) is 4.90 Å². The molecule has 2 aromatic carbocycles. The Kier molecular flexibility index (Phi) is 5.40. The van der Waals surface area contributed by atoms with Gasteiger partial charge in [0, 0.05) is 32.2 Å². The zero-order valence-electron chi connectivity index (χ0n) is 15.7. The molecule has 1 atom stereocenters. The second kappa shape index (κ2) is 7.73. The predicted octanol–water partition coefficient (Wildman–Crippen LogP) is 3.57. The average Bonchev–Trinajstić information content (AvgIpc) is 3.04. The van der Waals surface area contributed by atoms with Crippen LogP contribution < -0.4 is 4.90 Å². The highest BCUT2D eigenvalue weighted by atomic mass is 16.2. The minimum absolute atomic E-state index is 0.0357. The van der Waals surface area contributed by atoms with Gasteiger partial charge in [0.2, 0.25) is 11.8 Å². The molecule has 2 aromatic rings. The number of amides is 2. The van der Waals surface area contributed by atoms with E-state index in [1.54, 1.807) is 9.80 Å². The summed E-state index contributed by atoms with van der Waals surface area (Å²) in [5.74, 6) is -0.201. The van der Waals surface area contributed by atoms with Crippen molar-refractivity contribution < 1.29 is 9.59 Å². The number of hydrogen-bond donors (Lipinski definition) is 0. The standard InChI is InChI=1S/C22H26N2O2/c1-4-17-10-7-8-12-20(17)24-15-19(13-21(24)25)22(26)23(3)14-18-11-6-5-9-16(18)2/h5-12,19H,4,13-15H2,1-3H3. The molecule has 0 N–H and O–H groups in total. The largest absolute Gasteiger partial charge is 0.341 e. The third-order valence-electron chi connectivity index (χ3n) is 5.18.